The summed E-state index contributed by atoms with van der Waals surface area (Å²) in [6, 6.07) is 29.0. The normalized spacial score (nSPS) is 12.9. The fourth-order valence-electron chi connectivity index (χ4n) is 5.09. The fraction of sp³-hybridized carbons (Fsp3) is 0.188. The van der Waals surface area contributed by atoms with Crippen molar-refractivity contribution in [3.63, 3.8) is 0 Å². The predicted octanol–water partition coefficient (Wildman–Crippen LogP) is 6.50. The van der Waals surface area contributed by atoms with Gasteiger partial charge < -0.3 is 15.2 Å². The third-order valence-corrected chi connectivity index (χ3v) is 7.19. The van der Waals surface area contributed by atoms with Crippen molar-refractivity contribution in [2.24, 2.45) is 0 Å². The number of alkyl carbamates (subject to hydrolysis) is 1. The zero-order valence-corrected chi connectivity index (χ0v) is 20.9. The second kappa shape index (κ2) is 10.3. The van der Waals surface area contributed by atoms with Gasteiger partial charge in [-0.25, -0.2) is 9.59 Å². The van der Waals surface area contributed by atoms with E-state index in [-0.39, 0.29) is 18.9 Å². The molecule has 37 heavy (non-hydrogen) atoms. The molecule has 1 amide bonds. The predicted molar refractivity (Wildman–Crippen MR) is 145 cm³/mol. The highest BCUT2D eigenvalue weighted by molar-refractivity contribution is 5.82. The maximum Gasteiger partial charge on any atom is 0.407 e. The number of benzene rings is 4. The molecule has 2 N–H and O–H groups in total. The highest BCUT2D eigenvalue weighted by Gasteiger charge is 2.30. The van der Waals surface area contributed by atoms with Gasteiger partial charge in [-0.1, -0.05) is 91.0 Å². The highest BCUT2D eigenvalue weighted by atomic mass is 16.5. The van der Waals surface area contributed by atoms with Gasteiger partial charge in [0.05, 0.1) is 0 Å². The number of carbonyl (C=O) groups excluding carboxylic acids is 1. The van der Waals surface area contributed by atoms with E-state index in [1.807, 2.05) is 66.7 Å². The van der Waals surface area contributed by atoms with E-state index in [4.69, 9.17) is 4.74 Å². The van der Waals surface area contributed by atoms with Crippen LogP contribution in [-0.4, -0.2) is 29.8 Å². The van der Waals surface area contributed by atoms with Gasteiger partial charge in [0.1, 0.15) is 12.6 Å². The minimum absolute atomic E-state index is 0.0908. The van der Waals surface area contributed by atoms with Gasteiger partial charge in [-0.15, -0.1) is 0 Å². The minimum Gasteiger partial charge on any atom is -0.480 e. The van der Waals surface area contributed by atoms with Gasteiger partial charge in [-0.3, -0.25) is 0 Å². The van der Waals surface area contributed by atoms with E-state index in [0.717, 1.165) is 38.9 Å². The van der Waals surface area contributed by atoms with Crippen LogP contribution in [0, 0.1) is 13.8 Å². The molecule has 0 aliphatic heterocycles. The lowest BCUT2D eigenvalue weighted by Crippen LogP contribution is -2.43. The number of aryl methyl sites for hydroxylation is 2. The van der Waals surface area contributed by atoms with Crippen molar-refractivity contribution in [1.29, 1.82) is 0 Å². The maximum absolute atomic E-state index is 12.8. The van der Waals surface area contributed by atoms with Crippen molar-refractivity contribution in [2.45, 2.75) is 32.2 Å². The van der Waals surface area contributed by atoms with Crippen LogP contribution >= 0.6 is 0 Å². The fourth-order valence-corrected chi connectivity index (χ4v) is 5.09. The lowest BCUT2D eigenvalue weighted by atomic mass is 9.93. The molecule has 186 valence electrons. The Hall–Kier alpha value is -4.38. The number of fused-ring (bicyclic) bond motifs is 3. The molecular weight excluding hydrogens is 462 g/mol. The van der Waals surface area contributed by atoms with Gasteiger partial charge in [-0.2, -0.15) is 0 Å². The summed E-state index contributed by atoms with van der Waals surface area (Å²) in [5.41, 5.74) is 9.66. The number of aliphatic carboxylic acids is 1. The van der Waals surface area contributed by atoms with Gasteiger partial charge in [0.15, 0.2) is 0 Å². The summed E-state index contributed by atoms with van der Waals surface area (Å²) in [5.74, 6) is -1.20. The Morgan fingerprint density at radius 3 is 2.03 bits per heavy atom. The second-order valence-electron chi connectivity index (χ2n) is 9.52. The Labute approximate surface area is 216 Å². The van der Waals surface area contributed by atoms with Gasteiger partial charge >= 0.3 is 12.1 Å². The van der Waals surface area contributed by atoms with E-state index >= 15 is 0 Å². The Bertz CT molecular complexity index is 1430. The molecule has 0 saturated heterocycles. The summed E-state index contributed by atoms with van der Waals surface area (Å²) in [4.78, 5) is 24.9. The Morgan fingerprint density at radius 2 is 1.41 bits per heavy atom. The van der Waals surface area contributed by atoms with E-state index < -0.39 is 18.1 Å². The van der Waals surface area contributed by atoms with Crippen molar-refractivity contribution in [3.05, 3.63) is 119 Å². The summed E-state index contributed by atoms with van der Waals surface area (Å²) in [6.45, 7) is 4.25. The minimum atomic E-state index is -1.12. The molecule has 0 saturated carbocycles. The Kier molecular flexibility index (Phi) is 6.78. The highest BCUT2D eigenvalue weighted by Crippen LogP contribution is 2.44. The number of carboxylic acids is 1. The van der Waals surface area contributed by atoms with E-state index in [1.54, 1.807) is 0 Å². The standard InChI is InChI=1S/C32H29NO4/c1-20-15-16-23(17-21(20)2)24-10-4-3-9-22(24)18-30(31(34)35)33-32(36)37-19-29-27-13-7-5-11-25(27)26-12-6-8-14-28(26)29/h3-17,29-30H,18-19H2,1-2H3,(H,33,36)(H,34,35). The van der Waals surface area contributed by atoms with Crippen LogP contribution < -0.4 is 5.32 Å². The average molecular weight is 492 g/mol. The van der Waals surface area contributed by atoms with Gasteiger partial charge in [0.2, 0.25) is 0 Å². The Balaban J connectivity index is 1.30. The van der Waals surface area contributed by atoms with Gasteiger partial charge in [0, 0.05) is 12.3 Å². The maximum atomic E-state index is 12.8. The molecule has 5 nitrogen and oxygen atoms in total. The summed E-state index contributed by atoms with van der Waals surface area (Å²) >= 11 is 0. The second-order valence-corrected chi connectivity index (χ2v) is 9.52. The van der Waals surface area contributed by atoms with Crippen LogP contribution in [0.2, 0.25) is 0 Å². The third-order valence-electron chi connectivity index (χ3n) is 7.19. The first-order valence-electron chi connectivity index (χ1n) is 12.4. The van der Waals surface area contributed by atoms with Crippen LogP contribution in [0.1, 0.15) is 33.7 Å². The van der Waals surface area contributed by atoms with Crippen molar-refractivity contribution >= 4 is 12.1 Å². The number of carbonyl (C=O) groups is 2. The number of hydrogen-bond donors (Lipinski definition) is 2. The molecule has 0 spiro atoms. The SMILES string of the molecule is Cc1ccc(-c2ccccc2CC(NC(=O)OCC2c3ccccc3-c3ccccc32)C(=O)O)cc1C. The van der Waals surface area contributed by atoms with E-state index in [2.05, 4.69) is 43.4 Å². The zero-order chi connectivity index (χ0) is 25.9. The summed E-state index contributed by atoms with van der Waals surface area (Å²) < 4.78 is 5.59. The first-order valence-corrected chi connectivity index (χ1v) is 12.4. The van der Waals surface area contributed by atoms with Gasteiger partial charge in [0.25, 0.3) is 0 Å². The first kappa shape index (κ1) is 24.3. The Morgan fingerprint density at radius 1 is 0.811 bits per heavy atom. The van der Waals surface area contributed by atoms with Crippen LogP contribution in [0.3, 0.4) is 0 Å². The van der Waals surface area contributed by atoms with E-state index in [0.29, 0.717) is 0 Å². The number of carboxylic acid groups (broad SMARTS) is 1. The van der Waals surface area contributed by atoms with Crippen molar-refractivity contribution in [2.75, 3.05) is 6.61 Å². The molecule has 5 rings (SSSR count). The van der Waals surface area contributed by atoms with Crippen molar-refractivity contribution in [1.82, 2.24) is 5.32 Å². The third kappa shape index (κ3) is 4.98. The topological polar surface area (TPSA) is 75.6 Å². The van der Waals surface area contributed by atoms with Crippen molar-refractivity contribution in [3.8, 4) is 22.3 Å². The van der Waals surface area contributed by atoms with Crippen LogP contribution in [-0.2, 0) is 16.0 Å². The largest absolute Gasteiger partial charge is 0.480 e. The number of rotatable bonds is 7. The van der Waals surface area contributed by atoms with Gasteiger partial charge in [-0.05, 0) is 63.9 Å². The summed E-state index contributed by atoms with van der Waals surface area (Å²) in [5, 5.41) is 12.5. The summed E-state index contributed by atoms with van der Waals surface area (Å²) in [7, 11) is 0. The molecule has 1 aliphatic carbocycles. The molecule has 1 aliphatic rings. The molecule has 4 aromatic carbocycles. The molecule has 1 unspecified atom stereocenters. The zero-order valence-electron chi connectivity index (χ0n) is 20.9. The monoisotopic (exact) mass is 491 g/mol. The number of ether oxygens (including phenoxy) is 1. The lowest BCUT2D eigenvalue weighted by molar-refractivity contribution is -0.139. The molecule has 0 radical (unpaired) electrons. The number of hydrogen-bond acceptors (Lipinski definition) is 3. The van der Waals surface area contributed by atoms with Crippen LogP contribution in [0.5, 0.6) is 0 Å². The molecule has 0 fully saturated rings. The molecule has 0 bridgehead atoms. The molecule has 0 aromatic heterocycles. The molecule has 5 heteroatoms. The van der Waals surface area contributed by atoms with E-state index in [9.17, 15) is 14.7 Å². The average Bonchev–Trinajstić information content (AvgIpc) is 3.22. The quantitative estimate of drug-likeness (QED) is 0.309. The molecular formula is C32H29NO4. The number of nitrogens with one attached hydrogen (secondary N) is 1. The lowest BCUT2D eigenvalue weighted by Gasteiger charge is -2.19. The van der Waals surface area contributed by atoms with E-state index in [1.165, 1.54) is 11.1 Å². The van der Waals surface area contributed by atoms with Crippen molar-refractivity contribution < 1.29 is 19.4 Å². The van der Waals surface area contributed by atoms with Crippen LogP contribution in [0.15, 0.2) is 91.0 Å². The van der Waals surface area contributed by atoms with Crippen LogP contribution in [0.25, 0.3) is 22.3 Å². The number of amides is 1. The molecule has 1 atom stereocenters. The summed E-state index contributed by atoms with van der Waals surface area (Å²) in [6.07, 6.45) is -0.597. The smallest absolute Gasteiger partial charge is 0.407 e. The first-order chi connectivity index (χ1) is 17.9. The molecule has 0 heterocycles. The molecule has 4 aromatic rings. The van der Waals surface area contributed by atoms with Crippen LogP contribution in [0.4, 0.5) is 4.79 Å².